The number of nitrogens with zero attached hydrogens (tertiary/aromatic N) is 1. The fourth-order valence-electron chi connectivity index (χ4n) is 3.87. The standard InChI is InChI=1S/C17H21NO3/c1-17(2)13-6-3-12(15(17)10-13)9-16(19)11-4-7-14(8-5-11)18(20)21/h3-5,7-8,13,15-16,19H,6,9-10H2,1-2H3/t13-,15-,16?/m1/s1. The van der Waals surface area contributed by atoms with Crippen LogP contribution in [0.2, 0.25) is 0 Å². The molecule has 0 heterocycles. The van der Waals surface area contributed by atoms with Crippen molar-refractivity contribution in [2.75, 3.05) is 0 Å². The van der Waals surface area contributed by atoms with E-state index in [1.165, 1.54) is 24.1 Å². The molecular formula is C17H21NO3. The van der Waals surface area contributed by atoms with E-state index in [0.717, 1.165) is 17.9 Å². The summed E-state index contributed by atoms with van der Waals surface area (Å²) in [6, 6.07) is 6.22. The van der Waals surface area contributed by atoms with Crippen molar-refractivity contribution in [1.82, 2.24) is 0 Å². The number of aliphatic hydroxyl groups is 1. The van der Waals surface area contributed by atoms with Gasteiger partial charge in [0.25, 0.3) is 5.69 Å². The Morgan fingerprint density at radius 1 is 1.38 bits per heavy atom. The zero-order chi connectivity index (χ0) is 15.2. The van der Waals surface area contributed by atoms with E-state index in [2.05, 4.69) is 19.9 Å². The van der Waals surface area contributed by atoms with Crippen LogP contribution in [0, 0.1) is 27.4 Å². The first-order chi connectivity index (χ1) is 9.89. The molecule has 0 spiro atoms. The van der Waals surface area contributed by atoms with Crippen molar-refractivity contribution in [1.29, 1.82) is 0 Å². The van der Waals surface area contributed by atoms with Crippen LogP contribution in [0.4, 0.5) is 5.69 Å². The van der Waals surface area contributed by atoms with Gasteiger partial charge in [0.15, 0.2) is 0 Å². The normalized spacial score (nSPS) is 27.5. The van der Waals surface area contributed by atoms with Gasteiger partial charge in [-0.25, -0.2) is 0 Å². The second-order valence-corrected chi connectivity index (χ2v) is 6.89. The van der Waals surface area contributed by atoms with E-state index in [4.69, 9.17) is 0 Å². The molecule has 0 aromatic heterocycles. The van der Waals surface area contributed by atoms with Gasteiger partial charge in [-0.15, -0.1) is 0 Å². The Labute approximate surface area is 124 Å². The number of nitro groups is 1. The second kappa shape index (κ2) is 4.95. The number of benzene rings is 1. The molecule has 4 heteroatoms. The van der Waals surface area contributed by atoms with E-state index in [0.29, 0.717) is 17.8 Å². The van der Waals surface area contributed by atoms with E-state index >= 15 is 0 Å². The summed E-state index contributed by atoms with van der Waals surface area (Å²) < 4.78 is 0. The van der Waals surface area contributed by atoms with E-state index in [-0.39, 0.29) is 5.69 Å². The highest BCUT2D eigenvalue weighted by Gasteiger charge is 2.51. The monoisotopic (exact) mass is 287 g/mol. The SMILES string of the molecule is CC1(C)[C@@H]2CC=C(CC(O)c3ccc([N+](=O)[O-])cc3)[C@H]1C2. The van der Waals surface area contributed by atoms with Crippen molar-refractivity contribution in [3.05, 3.63) is 51.6 Å². The molecule has 1 fully saturated rings. The van der Waals surface area contributed by atoms with Crippen molar-refractivity contribution in [2.24, 2.45) is 17.3 Å². The summed E-state index contributed by atoms with van der Waals surface area (Å²) in [4.78, 5) is 10.2. The van der Waals surface area contributed by atoms with Gasteiger partial charge >= 0.3 is 0 Å². The lowest BCUT2D eigenvalue weighted by Gasteiger charge is -2.56. The minimum Gasteiger partial charge on any atom is -0.388 e. The Hall–Kier alpha value is -1.68. The van der Waals surface area contributed by atoms with Crippen LogP contribution >= 0.6 is 0 Å². The molecule has 4 nitrogen and oxygen atoms in total. The fraction of sp³-hybridized carbons (Fsp3) is 0.529. The van der Waals surface area contributed by atoms with Crippen LogP contribution in [-0.4, -0.2) is 10.0 Å². The fourth-order valence-corrected chi connectivity index (χ4v) is 3.87. The maximum absolute atomic E-state index is 10.7. The quantitative estimate of drug-likeness (QED) is 0.517. The van der Waals surface area contributed by atoms with Crippen LogP contribution < -0.4 is 0 Å². The number of aliphatic hydroxyl groups excluding tert-OH is 1. The first kappa shape index (κ1) is 14.3. The molecule has 0 radical (unpaired) electrons. The minimum atomic E-state index is -0.579. The number of nitro benzene ring substituents is 1. The highest BCUT2D eigenvalue weighted by molar-refractivity contribution is 5.34. The molecular weight excluding hydrogens is 266 g/mol. The highest BCUT2D eigenvalue weighted by Crippen LogP contribution is 2.60. The first-order valence-corrected chi connectivity index (χ1v) is 7.51. The van der Waals surface area contributed by atoms with Gasteiger partial charge in [-0.1, -0.05) is 25.5 Å². The van der Waals surface area contributed by atoms with Gasteiger partial charge in [0.05, 0.1) is 11.0 Å². The van der Waals surface area contributed by atoms with Crippen molar-refractivity contribution < 1.29 is 10.0 Å². The van der Waals surface area contributed by atoms with Crippen molar-refractivity contribution in [3.63, 3.8) is 0 Å². The van der Waals surface area contributed by atoms with Crippen LogP contribution in [-0.2, 0) is 0 Å². The third kappa shape index (κ3) is 2.38. The summed E-state index contributed by atoms with van der Waals surface area (Å²) in [5, 5.41) is 21.0. The van der Waals surface area contributed by atoms with Gasteiger partial charge in [-0.3, -0.25) is 10.1 Å². The lowest BCUT2D eigenvalue weighted by atomic mass is 9.48. The first-order valence-electron chi connectivity index (χ1n) is 7.51. The molecule has 1 unspecified atom stereocenters. The number of fused-ring (bicyclic) bond motifs is 1. The molecule has 2 bridgehead atoms. The predicted octanol–water partition coefficient (Wildman–Crippen LogP) is 4.01. The summed E-state index contributed by atoms with van der Waals surface area (Å²) in [6.45, 7) is 4.63. The average Bonchev–Trinajstić information content (AvgIpc) is 2.47. The molecule has 1 saturated carbocycles. The molecule has 1 N–H and O–H groups in total. The summed E-state index contributed by atoms with van der Waals surface area (Å²) in [5.74, 6) is 1.38. The molecule has 3 aliphatic carbocycles. The Balaban J connectivity index is 1.70. The lowest BCUT2D eigenvalue weighted by molar-refractivity contribution is -0.384. The molecule has 3 atom stereocenters. The van der Waals surface area contributed by atoms with Crippen molar-refractivity contribution >= 4 is 5.69 Å². The number of hydrogen-bond acceptors (Lipinski definition) is 3. The van der Waals surface area contributed by atoms with Gasteiger partial charge < -0.3 is 5.11 Å². The van der Waals surface area contributed by atoms with Crippen LogP contribution in [0.25, 0.3) is 0 Å². The van der Waals surface area contributed by atoms with Crippen molar-refractivity contribution in [2.45, 2.75) is 39.2 Å². The molecule has 3 aliphatic rings. The summed E-state index contributed by atoms with van der Waals surface area (Å²) in [6.07, 6.45) is 4.71. The van der Waals surface area contributed by atoms with E-state index < -0.39 is 11.0 Å². The maximum atomic E-state index is 10.7. The number of allylic oxidation sites excluding steroid dienone is 1. The maximum Gasteiger partial charge on any atom is 0.269 e. The Morgan fingerprint density at radius 2 is 2.05 bits per heavy atom. The van der Waals surface area contributed by atoms with Crippen LogP contribution in [0.5, 0.6) is 0 Å². The van der Waals surface area contributed by atoms with Gasteiger partial charge in [-0.2, -0.15) is 0 Å². The van der Waals surface area contributed by atoms with Gasteiger partial charge in [0.1, 0.15) is 0 Å². The molecule has 0 amide bonds. The number of non-ortho nitro benzene ring substituents is 1. The number of rotatable bonds is 4. The average molecular weight is 287 g/mol. The van der Waals surface area contributed by atoms with Crippen LogP contribution in [0.1, 0.15) is 44.8 Å². The predicted molar refractivity (Wildman–Crippen MR) is 80.8 cm³/mol. The summed E-state index contributed by atoms with van der Waals surface area (Å²) >= 11 is 0. The highest BCUT2D eigenvalue weighted by atomic mass is 16.6. The van der Waals surface area contributed by atoms with Crippen LogP contribution in [0.15, 0.2) is 35.9 Å². The third-order valence-corrected chi connectivity index (χ3v) is 5.50. The topological polar surface area (TPSA) is 63.4 Å². The number of hydrogen-bond donors (Lipinski definition) is 1. The third-order valence-electron chi connectivity index (χ3n) is 5.50. The van der Waals surface area contributed by atoms with Gasteiger partial charge in [0.2, 0.25) is 0 Å². The van der Waals surface area contributed by atoms with Gasteiger partial charge in [0, 0.05) is 12.1 Å². The lowest BCUT2D eigenvalue weighted by Crippen LogP contribution is -2.48. The molecule has 1 aromatic rings. The largest absolute Gasteiger partial charge is 0.388 e. The molecule has 4 rings (SSSR count). The van der Waals surface area contributed by atoms with E-state index in [1.807, 2.05) is 0 Å². The Morgan fingerprint density at radius 3 is 2.57 bits per heavy atom. The molecule has 1 aromatic carbocycles. The Bertz CT molecular complexity index is 589. The van der Waals surface area contributed by atoms with Crippen LogP contribution in [0.3, 0.4) is 0 Å². The minimum absolute atomic E-state index is 0.0609. The summed E-state index contributed by atoms with van der Waals surface area (Å²) in [5.41, 5.74) is 2.53. The molecule has 21 heavy (non-hydrogen) atoms. The molecule has 0 saturated heterocycles. The van der Waals surface area contributed by atoms with Crippen molar-refractivity contribution in [3.8, 4) is 0 Å². The summed E-state index contributed by atoms with van der Waals surface area (Å²) in [7, 11) is 0. The molecule has 0 aliphatic heterocycles. The molecule has 112 valence electrons. The second-order valence-electron chi connectivity index (χ2n) is 6.89. The Kier molecular flexibility index (Phi) is 3.36. The van der Waals surface area contributed by atoms with E-state index in [1.54, 1.807) is 12.1 Å². The van der Waals surface area contributed by atoms with E-state index in [9.17, 15) is 15.2 Å². The van der Waals surface area contributed by atoms with Gasteiger partial charge in [-0.05, 0) is 54.2 Å². The zero-order valence-corrected chi connectivity index (χ0v) is 12.5. The smallest absolute Gasteiger partial charge is 0.269 e. The zero-order valence-electron chi connectivity index (χ0n) is 12.5.